The quantitative estimate of drug-likeness (QED) is 0.387. The number of amides is 3. The van der Waals surface area contributed by atoms with E-state index in [1.54, 1.807) is 4.90 Å². The molecule has 246 valence electrons. The number of benzene rings is 1. The number of anilines is 1. The van der Waals surface area contributed by atoms with Crippen LogP contribution in [-0.2, 0) is 19.1 Å². The highest BCUT2D eigenvalue weighted by atomic mass is 16.5. The summed E-state index contributed by atoms with van der Waals surface area (Å²) in [6.45, 7) is 17.5. The van der Waals surface area contributed by atoms with Crippen molar-refractivity contribution >= 4 is 23.4 Å². The predicted molar refractivity (Wildman–Crippen MR) is 176 cm³/mol. The largest absolute Gasteiger partial charge is 0.359 e. The molecule has 0 radical (unpaired) electrons. The van der Waals surface area contributed by atoms with E-state index in [-0.39, 0.29) is 23.8 Å². The van der Waals surface area contributed by atoms with Crippen molar-refractivity contribution in [3.05, 3.63) is 42.0 Å². The van der Waals surface area contributed by atoms with Gasteiger partial charge < -0.3 is 30.1 Å². The van der Waals surface area contributed by atoms with Crippen LogP contribution >= 0.6 is 0 Å². The molecule has 4 fully saturated rings. The van der Waals surface area contributed by atoms with Crippen LogP contribution in [0, 0.1) is 23.7 Å². The molecule has 0 aromatic heterocycles. The number of hydrogen-bond acceptors (Lipinski definition) is 6. The molecule has 3 saturated heterocycles. The van der Waals surface area contributed by atoms with Gasteiger partial charge in [0.1, 0.15) is 11.6 Å². The minimum Gasteiger partial charge on any atom is -0.359 e. The molecule has 1 aliphatic carbocycles. The van der Waals surface area contributed by atoms with Crippen LogP contribution in [-0.4, -0.2) is 102 Å². The van der Waals surface area contributed by atoms with Crippen molar-refractivity contribution in [2.45, 2.75) is 90.0 Å². The number of carbonyl (C=O) groups is 3. The second-order valence-corrected chi connectivity index (χ2v) is 14.5. The molecule has 2 N–H and O–H groups in total. The second-order valence-electron chi connectivity index (χ2n) is 14.5. The van der Waals surface area contributed by atoms with Crippen LogP contribution in [0.4, 0.5) is 5.69 Å². The average molecular weight is 620 g/mol. The number of ether oxygens (including phenoxy) is 1. The van der Waals surface area contributed by atoms with Crippen molar-refractivity contribution in [3.63, 3.8) is 0 Å². The summed E-state index contributed by atoms with van der Waals surface area (Å²) in [7, 11) is 0. The maximum Gasteiger partial charge on any atom is 0.246 e. The van der Waals surface area contributed by atoms with Gasteiger partial charge in [0.2, 0.25) is 17.7 Å². The van der Waals surface area contributed by atoms with E-state index < -0.39 is 29.6 Å². The predicted octanol–water partition coefficient (Wildman–Crippen LogP) is 3.87. The highest BCUT2D eigenvalue weighted by Crippen LogP contribution is 2.55. The lowest BCUT2D eigenvalue weighted by atomic mass is 9.73. The zero-order valence-electron chi connectivity index (χ0n) is 27.8. The van der Waals surface area contributed by atoms with Gasteiger partial charge in [0.05, 0.1) is 17.9 Å². The molecule has 0 unspecified atom stereocenters. The summed E-state index contributed by atoms with van der Waals surface area (Å²) in [5, 5.41) is 6.43. The molecule has 3 amide bonds. The zero-order valence-corrected chi connectivity index (χ0v) is 27.8. The fourth-order valence-corrected chi connectivity index (χ4v) is 8.53. The number of likely N-dealkylation sites (tertiary alicyclic amines) is 1. The van der Waals surface area contributed by atoms with E-state index in [1.807, 2.05) is 36.4 Å². The Morgan fingerprint density at radius 2 is 1.71 bits per heavy atom. The Morgan fingerprint density at radius 1 is 1.00 bits per heavy atom. The van der Waals surface area contributed by atoms with E-state index in [4.69, 9.17) is 4.74 Å². The molecule has 4 heterocycles. The number of rotatable bonds is 10. The molecule has 1 saturated carbocycles. The first kappa shape index (κ1) is 32.2. The van der Waals surface area contributed by atoms with Crippen LogP contribution in [0.2, 0.25) is 0 Å². The smallest absolute Gasteiger partial charge is 0.246 e. The summed E-state index contributed by atoms with van der Waals surface area (Å²) < 4.78 is 6.59. The minimum atomic E-state index is -1.13. The van der Waals surface area contributed by atoms with E-state index >= 15 is 0 Å². The van der Waals surface area contributed by atoms with Crippen molar-refractivity contribution in [2.75, 3.05) is 51.1 Å². The van der Waals surface area contributed by atoms with Crippen LogP contribution in [0.3, 0.4) is 0 Å². The maximum absolute atomic E-state index is 14.4. The molecule has 6 rings (SSSR count). The van der Waals surface area contributed by atoms with Gasteiger partial charge >= 0.3 is 0 Å². The van der Waals surface area contributed by atoms with Gasteiger partial charge in [-0.2, -0.15) is 0 Å². The number of nitrogens with one attached hydrogen (secondary N) is 2. The van der Waals surface area contributed by atoms with Crippen molar-refractivity contribution in [3.8, 4) is 0 Å². The van der Waals surface area contributed by atoms with Crippen LogP contribution in [0.5, 0.6) is 0 Å². The zero-order chi connectivity index (χ0) is 31.9. The molecule has 9 nitrogen and oxygen atoms in total. The summed E-state index contributed by atoms with van der Waals surface area (Å²) in [5.74, 6) is -0.651. The summed E-state index contributed by atoms with van der Waals surface area (Å²) >= 11 is 0. The second kappa shape index (κ2) is 13.2. The lowest BCUT2D eigenvalue weighted by Crippen LogP contribution is -2.58. The highest BCUT2D eigenvalue weighted by Gasteiger charge is 2.72. The standard InChI is InChI=1S/C36H53N5O4/c1-6-39-19-21-40(22-20-39)17-8-18-41-32(34(43)38-28-10-7-9-24(4)25(28)5)36-16-15-29(45-36)30(31(36)35(41)44)33(42)37-27-13-11-26(12-14-27)23(2)3/h11-16,23-25,28-32H,6-10,17-22H2,1-5H3,(H,37,42)(H,38,43)/t24-,25+,28+,29-,30+,31-,32-,36-/m0/s1. The van der Waals surface area contributed by atoms with E-state index in [2.05, 4.69) is 55.1 Å². The third-order valence-corrected chi connectivity index (χ3v) is 11.6. The number of nitrogens with zero attached hydrogens (tertiary/aromatic N) is 3. The van der Waals surface area contributed by atoms with Crippen molar-refractivity contribution in [1.29, 1.82) is 0 Å². The monoisotopic (exact) mass is 619 g/mol. The van der Waals surface area contributed by atoms with Crippen LogP contribution in [0.15, 0.2) is 36.4 Å². The molecule has 1 spiro atoms. The molecule has 8 atom stereocenters. The first-order valence-corrected chi connectivity index (χ1v) is 17.5. The number of piperazine rings is 1. The van der Waals surface area contributed by atoms with E-state index in [0.717, 1.165) is 58.5 Å². The van der Waals surface area contributed by atoms with Gasteiger partial charge in [-0.3, -0.25) is 14.4 Å². The van der Waals surface area contributed by atoms with Gasteiger partial charge in [-0.15, -0.1) is 0 Å². The van der Waals surface area contributed by atoms with Crippen LogP contribution < -0.4 is 10.6 Å². The molecule has 45 heavy (non-hydrogen) atoms. The first-order valence-electron chi connectivity index (χ1n) is 17.5. The Kier molecular flexibility index (Phi) is 9.42. The SMILES string of the molecule is CCN1CCN(CCCN2C(=O)[C@@H]3[C@H](C(=O)Nc4ccc(C(C)C)cc4)[C@@H]4C=C[C@@]3(O4)[C@@H]2C(=O)N[C@@H]2CCC[C@H](C)[C@H]2C)CC1. The Morgan fingerprint density at radius 3 is 2.40 bits per heavy atom. The topological polar surface area (TPSA) is 94.2 Å². The van der Waals surface area contributed by atoms with Crippen LogP contribution in [0.1, 0.15) is 71.8 Å². The lowest BCUT2D eigenvalue weighted by molar-refractivity contribution is -0.141. The molecule has 1 aromatic rings. The first-order chi connectivity index (χ1) is 21.6. The van der Waals surface area contributed by atoms with Crippen molar-refractivity contribution < 1.29 is 19.1 Å². The molecular formula is C36H53N5O4. The summed E-state index contributed by atoms with van der Waals surface area (Å²) in [4.78, 5) is 49.2. The number of carbonyl (C=O) groups excluding carboxylic acids is 3. The highest BCUT2D eigenvalue weighted by molar-refractivity contribution is 6.02. The maximum atomic E-state index is 14.4. The normalized spacial score (nSPS) is 34.8. The molecular weight excluding hydrogens is 566 g/mol. The Bertz CT molecular complexity index is 1270. The van der Waals surface area contributed by atoms with Crippen molar-refractivity contribution in [2.24, 2.45) is 23.7 Å². The number of fused-ring (bicyclic) bond motifs is 1. The molecule has 5 aliphatic rings. The minimum absolute atomic E-state index is 0.0685. The molecule has 4 aliphatic heterocycles. The van der Waals surface area contributed by atoms with Crippen LogP contribution in [0.25, 0.3) is 0 Å². The third-order valence-electron chi connectivity index (χ3n) is 11.6. The molecule has 2 bridgehead atoms. The van der Waals surface area contributed by atoms with E-state index in [0.29, 0.717) is 30.0 Å². The number of likely N-dealkylation sites (N-methyl/N-ethyl adjacent to an activating group) is 1. The van der Waals surface area contributed by atoms with Gasteiger partial charge in [-0.05, 0) is 61.4 Å². The fraction of sp³-hybridized carbons (Fsp3) is 0.694. The summed E-state index contributed by atoms with van der Waals surface area (Å²) in [6, 6.07) is 7.16. The summed E-state index contributed by atoms with van der Waals surface area (Å²) in [6.07, 6.45) is 7.26. The van der Waals surface area contributed by atoms with Gasteiger partial charge in [0.15, 0.2) is 0 Å². The van der Waals surface area contributed by atoms with Gasteiger partial charge in [0.25, 0.3) is 0 Å². The van der Waals surface area contributed by atoms with E-state index in [1.165, 1.54) is 12.0 Å². The summed E-state index contributed by atoms with van der Waals surface area (Å²) in [5.41, 5.74) is 0.763. The van der Waals surface area contributed by atoms with Gasteiger partial charge in [-0.1, -0.05) is 71.7 Å². The lowest BCUT2D eigenvalue weighted by Gasteiger charge is -2.38. The van der Waals surface area contributed by atoms with Crippen molar-refractivity contribution in [1.82, 2.24) is 20.0 Å². The molecule has 1 aromatic carbocycles. The van der Waals surface area contributed by atoms with Gasteiger partial charge in [0, 0.05) is 44.5 Å². The fourth-order valence-electron chi connectivity index (χ4n) is 8.53. The Labute approximate surface area is 269 Å². The Hall–Kier alpha value is -2.75. The average Bonchev–Trinajstić information content (AvgIpc) is 3.67. The van der Waals surface area contributed by atoms with Gasteiger partial charge in [-0.25, -0.2) is 0 Å². The van der Waals surface area contributed by atoms with E-state index in [9.17, 15) is 14.4 Å². The molecule has 9 heteroatoms. The Balaban J connectivity index is 1.21. The third kappa shape index (κ3) is 6.08. The number of hydrogen-bond donors (Lipinski definition) is 2.